The number of ether oxygens (including phenoxy) is 1. The molecule has 1 fully saturated rings. The van der Waals surface area contributed by atoms with Crippen LogP contribution in [0.15, 0.2) is 24.3 Å². The van der Waals surface area contributed by atoms with Crippen molar-refractivity contribution in [2.75, 3.05) is 7.11 Å². The van der Waals surface area contributed by atoms with Gasteiger partial charge in [0.2, 0.25) is 5.91 Å². The monoisotopic (exact) mass is 277 g/mol. The second-order valence-corrected chi connectivity index (χ2v) is 5.92. The number of aliphatic hydroxyl groups excluding tert-OH is 1. The van der Waals surface area contributed by atoms with E-state index in [1.807, 2.05) is 38.1 Å². The highest BCUT2D eigenvalue weighted by Crippen LogP contribution is 2.31. The Morgan fingerprint density at radius 3 is 2.65 bits per heavy atom. The molecule has 0 aliphatic heterocycles. The molecule has 20 heavy (non-hydrogen) atoms. The predicted octanol–water partition coefficient (Wildman–Crippen LogP) is 2.21. The van der Waals surface area contributed by atoms with E-state index in [-0.39, 0.29) is 11.8 Å². The van der Waals surface area contributed by atoms with Gasteiger partial charge in [-0.2, -0.15) is 0 Å². The van der Waals surface area contributed by atoms with Crippen molar-refractivity contribution in [2.24, 2.45) is 5.92 Å². The Bertz CT molecular complexity index is 484. The largest absolute Gasteiger partial charge is 0.496 e. The first kappa shape index (κ1) is 14.9. The fourth-order valence-corrected chi connectivity index (χ4v) is 2.88. The van der Waals surface area contributed by atoms with Crippen LogP contribution in [0.4, 0.5) is 0 Å². The summed E-state index contributed by atoms with van der Waals surface area (Å²) in [6, 6.07) is 7.66. The van der Waals surface area contributed by atoms with Gasteiger partial charge in [-0.15, -0.1) is 0 Å². The molecule has 0 aromatic heterocycles. The highest BCUT2D eigenvalue weighted by atomic mass is 16.5. The van der Waals surface area contributed by atoms with Crippen LogP contribution in [0.3, 0.4) is 0 Å². The minimum Gasteiger partial charge on any atom is -0.496 e. The van der Waals surface area contributed by atoms with Gasteiger partial charge in [-0.05, 0) is 39.2 Å². The lowest BCUT2D eigenvalue weighted by atomic mass is 9.92. The average Bonchev–Trinajstić information content (AvgIpc) is 2.84. The molecule has 2 N–H and O–H groups in total. The molecule has 1 aliphatic rings. The number of hydrogen-bond donors (Lipinski definition) is 2. The van der Waals surface area contributed by atoms with E-state index in [0.29, 0.717) is 6.42 Å². The summed E-state index contributed by atoms with van der Waals surface area (Å²) in [6.45, 7) is 3.90. The minimum atomic E-state index is -0.536. The molecule has 0 saturated heterocycles. The summed E-state index contributed by atoms with van der Waals surface area (Å²) in [6.07, 6.45) is 1.87. The number of carbonyl (C=O) groups excluding carboxylic acids is 1. The maximum absolute atomic E-state index is 12.3. The SMILES string of the molecule is COc1ccccc1C(C)(C)NC(=O)C1CCCC1O. The zero-order valence-corrected chi connectivity index (χ0v) is 12.3. The molecule has 4 heteroatoms. The van der Waals surface area contributed by atoms with Gasteiger partial charge in [-0.3, -0.25) is 4.79 Å². The van der Waals surface area contributed by atoms with E-state index >= 15 is 0 Å². The lowest BCUT2D eigenvalue weighted by Crippen LogP contribution is -2.45. The van der Waals surface area contributed by atoms with Crippen molar-refractivity contribution in [3.05, 3.63) is 29.8 Å². The van der Waals surface area contributed by atoms with Crippen molar-refractivity contribution in [1.82, 2.24) is 5.32 Å². The van der Waals surface area contributed by atoms with Crippen LogP contribution in [0.25, 0.3) is 0 Å². The van der Waals surface area contributed by atoms with Crippen LogP contribution in [0, 0.1) is 5.92 Å². The minimum absolute atomic E-state index is 0.0779. The third kappa shape index (κ3) is 2.96. The third-order valence-corrected chi connectivity index (χ3v) is 4.03. The molecule has 0 spiro atoms. The second-order valence-electron chi connectivity index (χ2n) is 5.92. The van der Waals surface area contributed by atoms with E-state index in [2.05, 4.69) is 5.32 Å². The first-order chi connectivity index (χ1) is 9.45. The third-order valence-electron chi connectivity index (χ3n) is 4.03. The van der Waals surface area contributed by atoms with Gasteiger partial charge in [0.15, 0.2) is 0 Å². The number of nitrogens with one attached hydrogen (secondary N) is 1. The number of amides is 1. The number of aliphatic hydroxyl groups is 1. The van der Waals surface area contributed by atoms with E-state index in [9.17, 15) is 9.90 Å². The van der Waals surface area contributed by atoms with Gasteiger partial charge in [0.25, 0.3) is 0 Å². The highest BCUT2D eigenvalue weighted by molar-refractivity contribution is 5.80. The van der Waals surface area contributed by atoms with Crippen LogP contribution in [0.5, 0.6) is 5.75 Å². The molecule has 2 rings (SSSR count). The topological polar surface area (TPSA) is 58.6 Å². The predicted molar refractivity (Wildman–Crippen MR) is 77.5 cm³/mol. The molecule has 0 radical (unpaired) electrons. The number of rotatable bonds is 4. The Balaban J connectivity index is 2.16. The van der Waals surface area contributed by atoms with Crippen LogP contribution < -0.4 is 10.1 Å². The summed E-state index contributed by atoms with van der Waals surface area (Å²) >= 11 is 0. The molecule has 1 amide bonds. The number of carbonyl (C=O) groups is 1. The van der Waals surface area contributed by atoms with Crippen molar-refractivity contribution in [1.29, 1.82) is 0 Å². The van der Waals surface area contributed by atoms with Crippen molar-refractivity contribution in [3.63, 3.8) is 0 Å². The second kappa shape index (κ2) is 5.83. The molecular weight excluding hydrogens is 254 g/mol. The van der Waals surface area contributed by atoms with E-state index < -0.39 is 11.6 Å². The number of para-hydroxylation sites is 1. The fraction of sp³-hybridized carbons (Fsp3) is 0.562. The average molecular weight is 277 g/mol. The summed E-state index contributed by atoms with van der Waals surface area (Å²) < 4.78 is 5.36. The Hall–Kier alpha value is -1.55. The molecule has 1 aromatic rings. The van der Waals surface area contributed by atoms with Gasteiger partial charge in [0, 0.05) is 5.56 Å². The lowest BCUT2D eigenvalue weighted by molar-refractivity contribution is -0.129. The molecule has 1 aliphatic carbocycles. The molecule has 1 saturated carbocycles. The standard InChI is InChI=1S/C16H23NO3/c1-16(2,12-8-4-5-10-14(12)20-3)17-15(19)11-7-6-9-13(11)18/h4-5,8,10-11,13,18H,6-7,9H2,1-3H3,(H,17,19). The molecule has 110 valence electrons. The van der Waals surface area contributed by atoms with Gasteiger partial charge in [-0.1, -0.05) is 18.2 Å². The highest BCUT2D eigenvalue weighted by Gasteiger charge is 2.35. The zero-order chi connectivity index (χ0) is 14.8. The van der Waals surface area contributed by atoms with Crippen molar-refractivity contribution in [2.45, 2.75) is 44.8 Å². The quantitative estimate of drug-likeness (QED) is 0.887. The first-order valence-corrected chi connectivity index (χ1v) is 7.09. The van der Waals surface area contributed by atoms with Crippen LogP contribution in [-0.4, -0.2) is 24.2 Å². The molecular formula is C16H23NO3. The van der Waals surface area contributed by atoms with Gasteiger partial charge in [0.1, 0.15) is 5.75 Å². The zero-order valence-electron chi connectivity index (χ0n) is 12.3. The van der Waals surface area contributed by atoms with Gasteiger partial charge in [0.05, 0.1) is 24.7 Å². The summed E-state index contributed by atoms with van der Waals surface area (Å²) in [5.74, 6) is 0.389. The first-order valence-electron chi connectivity index (χ1n) is 7.09. The molecule has 2 unspecified atom stereocenters. The number of methoxy groups -OCH3 is 1. The van der Waals surface area contributed by atoms with E-state index in [1.54, 1.807) is 7.11 Å². The maximum Gasteiger partial charge on any atom is 0.226 e. The van der Waals surface area contributed by atoms with Gasteiger partial charge < -0.3 is 15.2 Å². The Labute approximate surface area is 120 Å². The molecule has 0 heterocycles. The van der Waals surface area contributed by atoms with E-state index in [0.717, 1.165) is 24.2 Å². The molecule has 0 bridgehead atoms. The summed E-state index contributed by atoms with van der Waals surface area (Å²) in [5, 5.41) is 12.9. The van der Waals surface area contributed by atoms with Crippen LogP contribution in [-0.2, 0) is 10.3 Å². The number of hydrogen-bond acceptors (Lipinski definition) is 3. The van der Waals surface area contributed by atoms with Gasteiger partial charge >= 0.3 is 0 Å². The van der Waals surface area contributed by atoms with E-state index in [1.165, 1.54) is 0 Å². The lowest BCUT2D eigenvalue weighted by Gasteiger charge is -2.30. The van der Waals surface area contributed by atoms with Gasteiger partial charge in [-0.25, -0.2) is 0 Å². The van der Waals surface area contributed by atoms with Crippen LogP contribution in [0.1, 0.15) is 38.7 Å². The van der Waals surface area contributed by atoms with Crippen LogP contribution >= 0.6 is 0 Å². The summed E-state index contributed by atoms with van der Waals surface area (Å²) in [4.78, 5) is 12.3. The van der Waals surface area contributed by atoms with Crippen molar-refractivity contribution in [3.8, 4) is 5.75 Å². The summed E-state index contributed by atoms with van der Waals surface area (Å²) in [7, 11) is 1.62. The molecule has 4 nitrogen and oxygen atoms in total. The Morgan fingerprint density at radius 2 is 2.05 bits per heavy atom. The molecule has 1 aromatic carbocycles. The normalized spacial score (nSPS) is 22.6. The van der Waals surface area contributed by atoms with Crippen molar-refractivity contribution < 1.29 is 14.6 Å². The smallest absolute Gasteiger partial charge is 0.226 e. The summed E-state index contributed by atoms with van der Waals surface area (Å²) in [5.41, 5.74) is 0.398. The Kier molecular flexibility index (Phi) is 4.33. The maximum atomic E-state index is 12.3. The van der Waals surface area contributed by atoms with Crippen LogP contribution in [0.2, 0.25) is 0 Å². The van der Waals surface area contributed by atoms with Crippen molar-refractivity contribution >= 4 is 5.91 Å². The van der Waals surface area contributed by atoms with E-state index in [4.69, 9.17) is 4.74 Å². The fourth-order valence-electron chi connectivity index (χ4n) is 2.88. The molecule has 2 atom stereocenters. The Morgan fingerprint density at radius 1 is 1.35 bits per heavy atom. The number of benzene rings is 1.